The summed E-state index contributed by atoms with van der Waals surface area (Å²) < 4.78 is 0. The molecule has 5 nitrogen and oxygen atoms in total. The van der Waals surface area contributed by atoms with Gasteiger partial charge in [0.2, 0.25) is 11.8 Å². The molecule has 2 rings (SSSR count). The minimum atomic E-state index is -0.163. The maximum Gasteiger partial charge on any atom is 0.245 e. The fourth-order valence-corrected chi connectivity index (χ4v) is 2.95. The van der Waals surface area contributed by atoms with Gasteiger partial charge in [-0.15, -0.1) is 0 Å². The first-order valence-electron chi connectivity index (χ1n) is 7.32. The Kier molecular flexibility index (Phi) is 4.80. The lowest BCUT2D eigenvalue weighted by Gasteiger charge is -2.42. The number of hydrogen-bond acceptors (Lipinski definition) is 3. The van der Waals surface area contributed by atoms with Crippen LogP contribution in [0.2, 0.25) is 0 Å². The first-order valence-corrected chi connectivity index (χ1v) is 7.32. The van der Waals surface area contributed by atoms with Crippen molar-refractivity contribution in [2.45, 2.75) is 38.1 Å². The average Bonchev–Trinajstić information content (AvgIpc) is 2.40. The molecule has 1 unspecified atom stereocenters. The molecule has 5 heteroatoms. The monoisotopic (exact) mass is 267 g/mol. The van der Waals surface area contributed by atoms with Gasteiger partial charge in [-0.05, 0) is 52.7 Å². The molecule has 0 aliphatic carbocycles. The van der Waals surface area contributed by atoms with Crippen molar-refractivity contribution in [1.82, 2.24) is 14.7 Å². The fourth-order valence-electron chi connectivity index (χ4n) is 2.95. The molecule has 1 atom stereocenters. The molecule has 19 heavy (non-hydrogen) atoms. The minimum Gasteiger partial charge on any atom is -0.332 e. The summed E-state index contributed by atoms with van der Waals surface area (Å²) in [5.41, 5.74) is 0. The first-order chi connectivity index (χ1) is 9.09. The van der Waals surface area contributed by atoms with Crippen LogP contribution in [-0.4, -0.2) is 72.8 Å². The largest absolute Gasteiger partial charge is 0.332 e. The summed E-state index contributed by atoms with van der Waals surface area (Å²) in [6.07, 6.45) is 5.00. The molecule has 0 N–H and O–H groups in total. The molecule has 2 aliphatic rings. The van der Waals surface area contributed by atoms with E-state index in [0.29, 0.717) is 0 Å². The molecule has 108 valence electrons. The third-order valence-corrected chi connectivity index (χ3v) is 4.03. The van der Waals surface area contributed by atoms with Crippen molar-refractivity contribution in [3.05, 3.63) is 0 Å². The van der Waals surface area contributed by atoms with Gasteiger partial charge in [-0.1, -0.05) is 0 Å². The lowest BCUT2D eigenvalue weighted by atomic mass is 9.98. The van der Waals surface area contributed by atoms with E-state index in [-0.39, 0.29) is 24.4 Å². The van der Waals surface area contributed by atoms with E-state index in [9.17, 15) is 9.59 Å². The topological polar surface area (TPSA) is 43.9 Å². The highest BCUT2D eigenvalue weighted by Crippen LogP contribution is 2.23. The quantitative estimate of drug-likeness (QED) is 0.683. The van der Waals surface area contributed by atoms with Gasteiger partial charge < -0.3 is 14.7 Å². The number of unbranched alkanes of at least 4 members (excludes halogenated alkanes) is 1. The Morgan fingerprint density at radius 2 is 2.00 bits per heavy atom. The number of fused-ring (bicyclic) bond motifs is 1. The maximum absolute atomic E-state index is 12.4. The zero-order valence-electron chi connectivity index (χ0n) is 12.1. The molecular weight excluding hydrogens is 242 g/mol. The van der Waals surface area contributed by atoms with Gasteiger partial charge in [0.1, 0.15) is 6.04 Å². The van der Waals surface area contributed by atoms with E-state index in [1.807, 2.05) is 0 Å². The van der Waals surface area contributed by atoms with E-state index in [1.54, 1.807) is 9.80 Å². The maximum atomic E-state index is 12.4. The van der Waals surface area contributed by atoms with Gasteiger partial charge in [-0.3, -0.25) is 9.59 Å². The zero-order chi connectivity index (χ0) is 13.8. The normalized spacial score (nSPS) is 24.1. The van der Waals surface area contributed by atoms with Crippen LogP contribution >= 0.6 is 0 Å². The fraction of sp³-hybridized carbons (Fsp3) is 0.857. The number of amides is 2. The Balaban J connectivity index is 1.84. The lowest BCUT2D eigenvalue weighted by molar-refractivity contribution is -0.157. The standard InChI is InChI=1S/C14H25N3O2/c1-15(2)8-5-6-9-16-11-13(18)17-10-4-3-7-12(17)14(16)19/h12H,3-11H2,1-2H3. The number of piperazine rings is 1. The van der Waals surface area contributed by atoms with E-state index in [4.69, 9.17) is 0 Å². The minimum absolute atomic E-state index is 0.136. The third-order valence-electron chi connectivity index (χ3n) is 4.03. The molecule has 0 spiro atoms. The second kappa shape index (κ2) is 6.37. The van der Waals surface area contributed by atoms with Gasteiger partial charge in [0.05, 0.1) is 6.54 Å². The highest BCUT2D eigenvalue weighted by molar-refractivity contribution is 5.95. The predicted octanol–water partition coefficient (Wildman–Crippen LogP) is 0.552. The smallest absolute Gasteiger partial charge is 0.245 e. The summed E-state index contributed by atoms with van der Waals surface area (Å²) in [5, 5.41) is 0. The summed E-state index contributed by atoms with van der Waals surface area (Å²) in [7, 11) is 4.10. The molecule has 0 saturated carbocycles. The van der Waals surface area contributed by atoms with Gasteiger partial charge in [0, 0.05) is 13.1 Å². The lowest BCUT2D eigenvalue weighted by Crippen LogP contribution is -2.61. The molecule has 0 radical (unpaired) electrons. The van der Waals surface area contributed by atoms with Crippen LogP contribution in [0.3, 0.4) is 0 Å². The summed E-state index contributed by atoms with van der Waals surface area (Å²) >= 11 is 0. The van der Waals surface area contributed by atoms with Gasteiger partial charge >= 0.3 is 0 Å². The Bertz CT molecular complexity index is 344. The van der Waals surface area contributed by atoms with E-state index in [0.717, 1.165) is 51.7 Å². The van der Waals surface area contributed by atoms with Crippen molar-refractivity contribution in [1.29, 1.82) is 0 Å². The van der Waals surface area contributed by atoms with Crippen LogP contribution in [0.4, 0.5) is 0 Å². The van der Waals surface area contributed by atoms with Crippen LogP contribution in [-0.2, 0) is 9.59 Å². The van der Waals surface area contributed by atoms with Gasteiger partial charge in [0.15, 0.2) is 0 Å². The first kappa shape index (κ1) is 14.3. The van der Waals surface area contributed by atoms with Gasteiger partial charge in [0.25, 0.3) is 0 Å². The molecule has 2 fully saturated rings. The van der Waals surface area contributed by atoms with Crippen LogP contribution in [0.5, 0.6) is 0 Å². The number of carbonyl (C=O) groups excluding carboxylic acids is 2. The van der Waals surface area contributed by atoms with Crippen LogP contribution in [0, 0.1) is 0 Å². The second-order valence-corrected chi connectivity index (χ2v) is 5.87. The van der Waals surface area contributed by atoms with Crippen molar-refractivity contribution in [3.63, 3.8) is 0 Å². The van der Waals surface area contributed by atoms with Crippen LogP contribution in [0.25, 0.3) is 0 Å². The van der Waals surface area contributed by atoms with Gasteiger partial charge in [-0.2, -0.15) is 0 Å². The molecule has 2 amide bonds. The molecule has 0 aromatic carbocycles. The summed E-state index contributed by atoms with van der Waals surface area (Å²) in [6.45, 7) is 2.81. The predicted molar refractivity (Wildman–Crippen MR) is 73.7 cm³/mol. The van der Waals surface area contributed by atoms with Crippen molar-refractivity contribution >= 4 is 11.8 Å². The number of rotatable bonds is 5. The highest BCUT2D eigenvalue weighted by Gasteiger charge is 2.39. The summed E-state index contributed by atoms with van der Waals surface area (Å²) in [4.78, 5) is 30.1. The molecule has 2 heterocycles. The number of nitrogens with zero attached hydrogens (tertiary/aromatic N) is 3. The third kappa shape index (κ3) is 3.47. The number of carbonyl (C=O) groups is 2. The molecule has 2 saturated heterocycles. The highest BCUT2D eigenvalue weighted by atomic mass is 16.2. The van der Waals surface area contributed by atoms with Crippen LogP contribution in [0.1, 0.15) is 32.1 Å². The number of piperidine rings is 1. The Morgan fingerprint density at radius 3 is 2.74 bits per heavy atom. The summed E-state index contributed by atoms with van der Waals surface area (Å²) in [6, 6.07) is -0.163. The Morgan fingerprint density at radius 1 is 1.21 bits per heavy atom. The molecular formula is C14H25N3O2. The molecule has 0 bridgehead atoms. The second-order valence-electron chi connectivity index (χ2n) is 5.87. The van der Waals surface area contributed by atoms with E-state index in [2.05, 4.69) is 19.0 Å². The molecule has 2 aliphatic heterocycles. The van der Waals surface area contributed by atoms with Crippen molar-refractivity contribution in [3.8, 4) is 0 Å². The van der Waals surface area contributed by atoms with Crippen molar-refractivity contribution in [2.75, 3.05) is 40.3 Å². The van der Waals surface area contributed by atoms with Gasteiger partial charge in [-0.25, -0.2) is 0 Å². The van der Waals surface area contributed by atoms with Crippen LogP contribution < -0.4 is 0 Å². The number of hydrogen-bond donors (Lipinski definition) is 0. The van der Waals surface area contributed by atoms with Crippen LogP contribution in [0.15, 0.2) is 0 Å². The van der Waals surface area contributed by atoms with E-state index < -0.39 is 0 Å². The van der Waals surface area contributed by atoms with Crippen molar-refractivity contribution < 1.29 is 9.59 Å². The summed E-state index contributed by atoms with van der Waals surface area (Å²) in [5.74, 6) is 0.307. The SMILES string of the molecule is CN(C)CCCCN1CC(=O)N2CCCCC2C1=O. The Hall–Kier alpha value is -1.10. The van der Waals surface area contributed by atoms with E-state index >= 15 is 0 Å². The molecule has 0 aromatic heterocycles. The van der Waals surface area contributed by atoms with E-state index in [1.165, 1.54) is 0 Å². The Labute approximate surface area is 115 Å². The average molecular weight is 267 g/mol. The zero-order valence-corrected chi connectivity index (χ0v) is 12.1. The molecule has 0 aromatic rings. The van der Waals surface area contributed by atoms with Crippen molar-refractivity contribution in [2.24, 2.45) is 0 Å².